The van der Waals surface area contributed by atoms with Crippen molar-refractivity contribution in [2.24, 2.45) is 0 Å². The summed E-state index contributed by atoms with van der Waals surface area (Å²) in [5.74, 6) is -0.164. The second kappa shape index (κ2) is 7.50. The third kappa shape index (κ3) is 3.46. The Morgan fingerprint density at radius 3 is 2.69 bits per heavy atom. The summed E-state index contributed by atoms with van der Waals surface area (Å²) in [4.78, 5) is 14.3. The van der Waals surface area contributed by atoms with Gasteiger partial charge in [0, 0.05) is 25.7 Å². The standard InChI is InChI=1S/C20H24N2O3S/c1-3-13-21(2)20(23)17-9-6-11-18(15-17)26(24,25)22-14-7-10-16-8-4-5-12-19(16)22/h4-6,8-9,11-12,15H,3,7,10,13-14H2,1-2H3. The molecule has 0 saturated carbocycles. The predicted molar refractivity (Wildman–Crippen MR) is 103 cm³/mol. The summed E-state index contributed by atoms with van der Waals surface area (Å²) < 4.78 is 27.9. The van der Waals surface area contributed by atoms with Crippen molar-refractivity contribution >= 4 is 21.6 Å². The normalized spacial score (nSPS) is 14.0. The smallest absolute Gasteiger partial charge is 0.264 e. The minimum Gasteiger partial charge on any atom is -0.342 e. The van der Waals surface area contributed by atoms with Crippen LogP contribution in [0.25, 0.3) is 0 Å². The van der Waals surface area contributed by atoms with E-state index in [-0.39, 0.29) is 10.8 Å². The maximum atomic E-state index is 13.2. The lowest BCUT2D eigenvalue weighted by Crippen LogP contribution is -2.35. The van der Waals surface area contributed by atoms with Crippen molar-refractivity contribution in [3.63, 3.8) is 0 Å². The number of rotatable bonds is 5. The highest BCUT2D eigenvalue weighted by molar-refractivity contribution is 7.92. The highest BCUT2D eigenvalue weighted by Crippen LogP contribution is 2.32. The molecule has 26 heavy (non-hydrogen) atoms. The van der Waals surface area contributed by atoms with E-state index in [1.165, 1.54) is 10.4 Å². The first kappa shape index (κ1) is 18.5. The van der Waals surface area contributed by atoms with Crippen LogP contribution in [0.15, 0.2) is 53.4 Å². The van der Waals surface area contributed by atoms with E-state index in [2.05, 4.69) is 0 Å². The summed E-state index contributed by atoms with van der Waals surface area (Å²) in [5.41, 5.74) is 2.17. The Bertz CT molecular complexity index is 909. The second-order valence-corrected chi connectivity index (χ2v) is 8.43. The molecule has 1 aliphatic rings. The molecule has 0 aliphatic carbocycles. The molecule has 1 aliphatic heterocycles. The molecule has 2 aromatic carbocycles. The Kier molecular flexibility index (Phi) is 5.32. The van der Waals surface area contributed by atoms with Gasteiger partial charge in [-0.15, -0.1) is 0 Å². The van der Waals surface area contributed by atoms with Crippen molar-refractivity contribution in [1.29, 1.82) is 0 Å². The van der Waals surface area contributed by atoms with Crippen molar-refractivity contribution in [2.45, 2.75) is 31.1 Å². The van der Waals surface area contributed by atoms with Crippen molar-refractivity contribution in [3.8, 4) is 0 Å². The summed E-state index contributed by atoms with van der Waals surface area (Å²) in [6.07, 6.45) is 2.52. The molecular formula is C20H24N2O3S. The minimum atomic E-state index is -3.71. The lowest BCUT2D eigenvalue weighted by atomic mass is 10.0. The third-order valence-electron chi connectivity index (χ3n) is 4.64. The number of aryl methyl sites for hydroxylation is 1. The zero-order chi connectivity index (χ0) is 18.7. The van der Waals surface area contributed by atoms with Crippen LogP contribution in [0.2, 0.25) is 0 Å². The van der Waals surface area contributed by atoms with E-state index in [1.54, 1.807) is 30.1 Å². The lowest BCUT2D eigenvalue weighted by Gasteiger charge is -2.30. The van der Waals surface area contributed by atoms with E-state index < -0.39 is 10.0 Å². The number of amides is 1. The largest absolute Gasteiger partial charge is 0.342 e. The predicted octanol–water partition coefficient (Wildman–Crippen LogP) is 3.31. The Morgan fingerprint density at radius 1 is 1.15 bits per heavy atom. The molecule has 0 saturated heterocycles. The van der Waals surface area contributed by atoms with Crippen LogP contribution in [-0.4, -0.2) is 39.4 Å². The molecule has 0 unspecified atom stereocenters. The molecule has 0 spiro atoms. The van der Waals surface area contributed by atoms with Crippen molar-refractivity contribution < 1.29 is 13.2 Å². The number of fused-ring (bicyclic) bond motifs is 1. The second-order valence-electron chi connectivity index (χ2n) is 6.56. The molecule has 0 radical (unpaired) electrons. The van der Waals surface area contributed by atoms with Crippen molar-refractivity contribution in [3.05, 3.63) is 59.7 Å². The molecule has 0 aromatic heterocycles. The van der Waals surface area contributed by atoms with Gasteiger partial charge in [-0.2, -0.15) is 0 Å². The van der Waals surface area contributed by atoms with Gasteiger partial charge >= 0.3 is 0 Å². The summed E-state index contributed by atoms with van der Waals surface area (Å²) in [7, 11) is -1.98. The van der Waals surface area contributed by atoms with Crippen LogP contribution in [0, 0.1) is 0 Å². The third-order valence-corrected chi connectivity index (χ3v) is 6.45. The Balaban J connectivity index is 1.97. The van der Waals surface area contributed by atoms with Gasteiger partial charge in [-0.05, 0) is 49.1 Å². The molecule has 1 heterocycles. The van der Waals surface area contributed by atoms with Crippen LogP contribution >= 0.6 is 0 Å². The number of benzene rings is 2. The fraction of sp³-hybridized carbons (Fsp3) is 0.350. The molecule has 0 atom stereocenters. The molecule has 0 bridgehead atoms. The SMILES string of the molecule is CCCN(C)C(=O)c1cccc(S(=O)(=O)N2CCCc3ccccc32)c1. The fourth-order valence-corrected chi connectivity index (χ4v) is 4.91. The maximum Gasteiger partial charge on any atom is 0.264 e. The molecule has 0 N–H and O–H groups in total. The van der Waals surface area contributed by atoms with E-state index >= 15 is 0 Å². The number of para-hydroxylation sites is 1. The topological polar surface area (TPSA) is 57.7 Å². The van der Waals surface area contributed by atoms with E-state index in [9.17, 15) is 13.2 Å². The molecule has 1 amide bonds. The van der Waals surface area contributed by atoms with Gasteiger partial charge in [0.25, 0.3) is 15.9 Å². The van der Waals surface area contributed by atoms with E-state index in [0.29, 0.717) is 18.7 Å². The number of hydrogen-bond acceptors (Lipinski definition) is 3. The highest BCUT2D eigenvalue weighted by atomic mass is 32.2. The number of nitrogens with zero attached hydrogens (tertiary/aromatic N) is 2. The number of carbonyl (C=O) groups is 1. The zero-order valence-electron chi connectivity index (χ0n) is 15.2. The maximum absolute atomic E-state index is 13.2. The van der Waals surface area contributed by atoms with E-state index in [4.69, 9.17) is 0 Å². The first-order chi connectivity index (χ1) is 12.4. The van der Waals surface area contributed by atoms with Gasteiger partial charge in [-0.3, -0.25) is 9.10 Å². The lowest BCUT2D eigenvalue weighted by molar-refractivity contribution is 0.0795. The monoisotopic (exact) mass is 372 g/mol. The van der Waals surface area contributed by atoms with Crippen LogP contribution < -0.4 is 4.31 Å². The summed E-state index contributed by atoms with van der Waals surface area (Å²) in [6, 6.07) is 13.9. The molecule has 2 aromatic rings. The quantitative estimate of drug-likeness (QED) is 0.809. The summed E-state index contributed by atoms with van der Waals surface area (Å²) >= 11 is 0. The summed E-state index contributed by atoms with van der Waals surface area (Å²) in [5, 5.41) is 0. The van der Waals surface area contributed by atoms with Gasteiger partial charge in [0.1, 0.15) is 0 Å². The average molecular weight is 372 g/mol. The van der Waals surface area contributed by atoms with Crippen molar-refractivity contribution in [1.82, 2.24) is 4.90 Å². The molecule has 138 valence electrons. The number of hydrogen-bond donors (Lipinski definition) is 0. The Hall–Kier alpha value is -2.34. The number of anilines is 1. The Morgan fingerprint density at radius 2 is 1.92 bits per heavy atom. The molecule has 5 nitrogen and oxygen atoms in total. The van der Waals surface area contributed by atoms with Crippen LogP contribution in [0.3, 0.4) is 0 Å². The molecular weight excluding hydrogens is 348 g/mol. The van der Waals surface area contributed by atoms with Crippen LogP contribution in [0.4, 0.5) is 5.69 Å². The van der Waals surface area contributed by atoms with Gasteiger partial charge in [0.05, 0.1) is 10.6 Å². The first-order valence-corrected chi connectivity index (χ1v) is 10.4. The minimum absolute atomic E-state index is 0.157. The fourth-order valence-electron chi connectivity index (χ4n) is 3.32. The van der Waals surface area contributed by atoms with Crippen LogP contribution in [-0.2, 0) is 16.4 Å². The van der Waals surface area contributed by atoms with Gasteiger partial charge in [0.2, 0.25) is 0 Å². The first-order valence-electron chi connectivity index (χ1n) is 8.91. The molecule has 0 fully saturated rings. The molecule has 3 rings (SSSR count). The van der Waals surface area contributed by atoms with E-state index in [0.717, 1.165) is 30.5 Å². The van der Waals surface area contributed by atoms with Gasteiger partial charge in [-0.1, -0.05) is 31.2 Å². The van der Waals surface area contributed by atoms with Crippen LogP contribution in [0.5, 0.6) is 0 Å². The number of carbonyl (C=O) groups excluding carboxylic acids is 1. The average Bonchev–Trinajstić information content (AvgIpc) is 2.67. The van der Waals surface area contributed by atoms with Crippen molar-refractivity contribution in [2.75, 3.05) is 24.4 Å². The van der Waals surface area contributed by atoms with Gasteiger partial charge in [0.15, 0.2) is 0 Å². The van der Waals surface area contributed by atoms with Crippen LogP contribution in [0.1, 0.15) is 35.7 Å². The number of sulfonamides is 1. The highest BCUT2D eigenvalue weighted by Gasteiger charge is 2.29. The van der Waals surface area contributed by atoms with Gasteiger partial charge < -0.3 is 4.90 Å². The summed E-state index contributed by atoms with van der Waals surface area (Å²) in [6.45, 7) is 3.08. The molecule has 6 heteroatoms. The van der Waals surface area contributed by atoms with Gasteiger partial charge in [-0.25, -0.2) is 8.42 Å². The van der Waals surface area contributed by atoms with E-state index in [1.807, 2.05) is 31.2 Å². The zero-order valence-corrected chi connectivity index (χ0v) is 16.0. The Labute approximate surface area is 155 Å².